The third-order valence-corrected chi connectivity index (χ3v) is 1.57. The van der Waals surface area contributed by atoms with Gasteiger partial charge >= 0.3 is 0 Å². The molecule has 0 saturated carbocycles. The van der Waals surface area contributed by atoms with Gasteiger partial charge in [-0.2, -0.15) is 0 Å². The van der Waals surface area contributed by atoms with Gasteiger partial charge in [0.25, 0.3) is 0 Å². The first kappa shape index (κ1) is 13.1. The van der Waals surface area contributed by atoms with Crippen LogP contribution in [0, 0.1) is 0 Å². The molecule has 1 rings (SSSR count). The number of hydrogen-bond donors (Lipinski definition) is 3. The molecule has 0 atom stereocenters. The predicted octanol–water partition coefficient (Wildman–Crippen LogP) is 0.0453. The molecule has 0 aliphatic carbocycles. The highest BCUT2D eigenvalue weighted by molar-refractivity contribution is 5.85. The summed E-state index contributed by atoms with van der Waals surface area (Å²) in [6, 6.07) is 0.552. The van der Waals surface area contributed by atoms with Crippen LogP contribution in [-0.4, -0.2) is 19.1 Å². The van der Waals surface area contributed by atoms with Gasteiger partial charge in [0.05, 0.1) is 0 Å². The van der Waals surface area contributed by atoms with Crippen LogP contribution < -0.4 is 16.6 Å². The minimum Gasteiger partial charge on any atom is -0.317 e. The van der Waals surface area contributed by atoms with E-state index in [0.717, 1.165) is 25.9 Å². The van der Waals surface area contributed by atoms with E-state index in [4.69, 9.17) is 5.84 Å². The monoisotopic (exact) mass is 187 g/mol. The third kappa shape index (κ3) is 4.30. The fourth-order valence-corrected chi connectivity index (χ4v) is 0.989. The number of piperidine rings is 1. The highest BCUT2D eigenvalue weighted by atomic mass is 35.5. The molecule has 0 aromatic heterocycles. The zero-order chi connectivity index (χ0) is 5.82. The Balaban J connectivity index is 0. The van der Waals surface area contributed by atoms with E-state index in [1.54, 1.807) is 0 Å². The maximum atomic E-state index is 5.23. The van der Waals surface area contributed by atoms with Crippen LogP contribution in [-0.2, 0) is 0 Å². The lowest BCUT2D eigenvalue weighted by Crippen LogP contribution is -2.43. The molecule has 4 N–H and O–H groups in total. The average molecular weight is 188 g/mol. The number of hydrogen-bond acceptors (Lipinski definition) is 3. The Hall–Kier alpha value is 0.460. The van der Waals surface area contributed by atoms with E-state index in [9.17, 15) is 0 Å². The first-order chi connectivity index (χ1) is 3.93. The quantitative estimate of drug-likeness (QED) is 0.402. The fraction of sp³-hybridized carbons (Fsp3) is 1.00. The number of nitrogens with two attached hydrogens (primary N) is 1. The molecule has 0 radical (unpaired) electrons. The van der Waals surface area contributed by atoms with Gasteiger partial charge in [0.1, 0.15) is 0 Å². The molecular weight excluding hydrogens is 173 g/mol. The van der Waals surface area contributed by atoms with Crippen molar-refractivity contribution in [3.8, 4) is 0 Å². The van der Waals surface area contributed by atoms with Crippen LogP contribution in [0.4, 0.5) is 0 Å². The SMILES string of the molecule is Cl.Cl.NNC1CCNCC1. The second-order valence-corrected chi connectivity index (χ2v) is 2.19. The number of nitrogens with one attached hydrogen (secondary N) is 2. The summed E-state index contributed by atoms with van der Waals surface area (Å²) in [5.41, 5.74) is 2.76. The van der Waals surface area contributed by atoms with Crippen LogP contribution in [0.15, 0.2) is 0 Å². The summed E-state index contributed by atoms with van der Waals surface area (Å²) in [7, 11) is 0. The highest BCUT2D eigenvalue weighted by Gasteiger charge is 2.08. The Labute approximate surface area is 73.9 Å². The minimum atomic E-state index is 0. The molecular formula is C5H15Cl2N3. The van der Waals surface area contributed by atoms with Crippen molar-refractivity contribution >= 4 is 24.8 Å². The second-order valence-electron chi connectivity index (χ2n) is 2.19. The summed E-state index contributed by atoms with van der Waals surface area (Å²) >= 11 is 0. The van der Waals surface area contributed by atoms with Crippen LogP contribution in [0.5, 0.6) is 0 Å². The van der Waals surface area contributed by atoms with Crippen molar-refractivity contribution < 1.29 is 0 Å². The number of hydrazine groups is 1. The third-order valence-electron chi connectivity index (χ3n) is 1.57. The summed E-state index contributed by atoms with van der Waals surface area (Å²) < 4.78 is 0. The van der Waals surface area contributed by atoms with Crippen molar-refractivity contribution in [3.63, 3.8) is 0 Å². The molecule has 5 heteroatoms. The molecule has 0 bridgehead atoms. The fourth-order valence-electron chi connectivity index (χ4n) is 0.989. The van der Waals surface area contributed by atoms with Crippen molar-refractivity contribution in [2.75, 3.05) is 13.1 Å². The topological polar surface area (TPSA) is 50.1 Å². The van der Waals surface area contributed by atoms with Crippen LogP contribution in [0.3, 0.4) is 0 Å². The summed E-state index contributed by atoms with van der Waals surface area (Å²) in [6.07, 6.45) is 2.33. The smallest absolute Gasteiger partial charge is 0.0234 e. The lowest BCUT2D eigenvalue weighted by Gasteiger charge is -2.20. The van der Waals surface area contributed by atoms with E-state index in [0.29, 0.717) is 6.04 Å². The van der Waals surface area contributed by atoms with E-state index >= 15 is 0 Å². The number of rotatable bonds is 1. The Morgan fingerprint density at radius 1 is 1.20 bits per heavy atom. The molecule has 1 heterocycles. The first-order valence-electron chi connectivity index (χ1n) is 3.10. The lowest BCUT2D eigenvalue weighted by molar-refractivity contribution is 0.394. The summed E-state index contributed by atoms with van der Waals surface area (Å²) in [4.78, 5) is 0. The van der Waals surface area contributed by atoms with E-state index in [1.807, 2.05) is 0 Å². The molecule has 1 saturated heterocycles. The van der Waals surface area contributed by atoms with Gasteiger partial charge in [0, 0.05) is 6.04 Å². The summed E-state index contributed by atoms with van der Waals surface area (Å²) in [5, 5.41) is 3.25. The van der Waals surface area contributed by atoms with Gasteiger partial charge in [-0.05, 0) is 25.9 Å². The summed E-state index contributed by atoms with van der Waals surface area (Å²) in [6.45, 7) is 2.21. The lowest BCUT2D eigenvalue weighted by atomic mass is 10.1. The molecule has 1 fully saturated rings. The van der Waals surface area contributed by atoms with Crippen molar-refractivity contribution in [3.05, 3.63) is 0 Å². The molecule has 0 aromatic carbocycles. The largest absolute Gasteiger partial charge is 0.317 e. The van der Waals surface area contributed by atoms with Gasteiger partial charge < -0.3 is 5.32 Å². The highest BCUT2D eigenvalue weighted by Crippen LogP contribution is 1.98. The van der Waals surface area contributed by atoms with Gasteiger partial charge in [-0.25, -0.2) is 0 Å². The van der Waals surface area contributed by atoms with Crippen LogP contribution >= 0.6 is 24.8 Å². The molecule has 3 nitrogen and oxygen atoms in total. The van der Waals surface area contributed by atoms with Crippen molar-refractivity contribution in [2.45, 2.75) is 18.9 Å². The van der Waals surface area contributed by atoms with Gasteiger partial charge in [-0.3, -0.25) is 11.3 Å². The first-order valence-corrected chi connectivity index (χ1v) is 3.10. The van der Waals surface area contributed by atoms with Crippen molar-refractivity contribution in [1.82, 2.24) is 10.7 Å². The molecule has 0 aromatic rings. The predicted molar refractivity (Wildman–Crippen MR) is 47.7 cm³/mol. The van der Waals surface area contributed by atoms with Crippen molar-refractivity contribution in [2.24, 2.45) is 5.84 Å². The molecule has 0 spiro atoms. The second kappa shape index (κ2) is 7.57. The Morgan fingerprint density at radius 3 is 2.00 bits per heavy atom. The van der Waals surface area contributed by atoms with Crippen LogP contribution in [0.2, 0.25) is 0 Å². The van der Waals surface area contributed by atoms with E-state index in [2.05, 4.69) is 10.7 Å². The van der Waals surface area contributed by atoms with Gasteiger partial charge in [-0.15, -0.1) is 24.8 Å². The standard InChI is InChI=1S/C5H13N3.2ClH/c6-8-5-1-3-7-4-2-5;;/h5,7-8H,1-4,6H2;2*1H. The maximum absolute atomic E-state index is 5.23. The van der Waals surface area contributed by atoms with Gasteiger partial charge in [-0.1, -0.05) is 0 Å². The Bertz CT molecular complexity index is 65.9. The van der Waals surface area contributed by atoms with Crippen LogP contribution in [0.25, 0.3) is 0 Å². The Morgan fingerprint density at radius 2 is 1.70 bits per heavy atom. The molecule has 0 amide bonds. The van der Waals surface area contributed by atoms with Crippen molar-refractivity contribution in [1.29, 1.82) is 0 Å². The van der Waals surface area contributed by atoms with Crippen LogP contribution in [0.1, 0.15) is 12.8 Å². The molecule has 1 aliphatic rings. The zero-order valence-electron chi connectivity index (χ0n) is 5.80. The van der Waals surface area contributed by atoms with Gasteiger partial charge in [0.2, 0.25) is 0 Å². The Kier molecular flexibility index (Phi) is 9.90. The summed E-state index contributed by atoms with van der Waals surface area (Å²) in [5.74, 6) is 5.23. The molecule has 10 heavy (non-hydrogen) atoms. The molecule has 0 unspecified atom stereocenters. The maximum Gasteiger partial charge on any atom is 0.0234 e. The zero-order valence-corrected chi connectivity index (χ0v) is 7.43. The molecule has 1 aliphatic heterocycles. The normalized spacial score (nSPS) is 18.9. The number of halogens is 2. The van der Waals surface area contributed by atoms with E-state index in [1.165, 1.54) is 0 Å². The molecule has 64 valence electrons. The average Bonchev–Trinajstić information content (AvgIpc) is 1.90. The van der Waals surface area contributed by atoms with Gasteiger partial charge in [0.15, 0.2) is 0 Å². The minimum absolute atomic E-state index is 0. The van der Waals surface area contributed by atoms with E-state index in [-0.39, 0.29) is 24.8 Å². The van der Waals surface area contributed by atoms with E-state index < -0.39 is 0 Å².